The molecule has 11 heavy (non-hydrogen) atoms. The maximum atomic E-state index is 12.0. The van der Waals surface area contributed by atoms with Gasteiger partial charge in [0, 0.05) is 0 Å². The highest BCUT2D eigenvalue weighted by Gasteiger charge is 1.96. The largest absolute Gasteiger partial charge is 0.330 e. The molecule has 0 heterocycles. The fourth-order valence-corrected chi connectivity index (χ4v) is 1.01. The first-order chi connectivity index (χ1) is 5.27. The van der Waals surface area contributed by atoms with Crippen molar-refractivity contribution >= 4 is 0 Å². The van der Waals surface area contributed by atoms with Gasteiger partial charge in [-0.25, -0.2) is 4.39 Å². The van der Waals surface area contributed by atoms with Gasteiger partial charge in [0.2, 0.25) is 0 Å². The van der Waals surface area contributed by atoms with E-state index in [1.54, 1.807) is 0 Å². The van der Waals surface area contributed by atoms with E-state index in [2.05, 4.69) is 0 Å². The first kappa shape index (κ1) is 10.8. The Morgan fingerprint density at radius 3 is 2.09 bits per heavy atom. The molecule has 0 aliphatic heterocycles. The van der Waals surface area contributed by atoms with Gasteiger partial charge in [0.15, 0.2) is 0 Å². The van der Waals surface area contributed by atoms with E-state index >= 15 is 0 Å². The summed E-state index contributed by atoms with van der Waals surface area (Å²) >= 11 is 0. The summed E-state index contributed by atoms with van der Waals surface area (Å²) in [6, 6.07) is 0. The first-order valence-corrected chi connectivity index (χ1v) is 4.37. The molecular weight excluding hydrogens is 143 g/mol. The van der Waals surface area contributed by atoms with Gasteiger partial charge in [-0.05, 0) is 25.8 Å². The molecule has 0 fully saturated rings. The van der Waals surface area contributed by atoms with Gasteiger partial charge in [0.05, 0.1) is 0 Å². The maximum Gasteiger partial charge on any atom is 0.148 e. The lowest BCUT2D eigenvalue weighted by molar-refractivity contribution is 0.314. The third kappa shape index (κ3) is 9.85. The summed E-state index contributed by atoms with van der Waals surface area (Å²) < 4.78 is 12.0. The lowest BCUT2D eigenvalue weighted by atomic mass is 10.1. The summed E-state index contributed by atoms with van der Waals surface area (Å²) in [7, 11) is 0. The van der Waals surface area contributed by atoms with E-state index in [9.17, 15) is 4.39 Å². The second-order valence-corrected chi connectivity index (χ2v) is 2.86. The van der Waals surface area contributed by atoms with Crippen molar-refractivity contribution in [1.29, 1.82) is 0 Å². The fraction of sp³-hybridized carbons (Fsp3) is 1.00. The SMILES string of the molecule is NCCCCCCCC(N)F. The molecular formula is C8H19FN2. The van der Waals surface area contributed by atoms with Crippen LogP contribution in [0.25, 0.3) is 0 Å². The van der Waals surface area contributed by atoms with Gasteiger partial charge >= 0.3 is 0 Å². The number of hydrogen-bond donors (Lipinski definition) is 2. The summed E-state index contributed by atoms with van der Waals surface area (Å²) in [6.45, 7) is 0.766. The van der Waals surface area contributed by atoms with E-state index in [0.29, 0.717) is 6.42 Å². The molecule has 0 rings (SSSR count). The van der Waals surface area contributed by atoms with E-state index in [1.807, 2.05) is 0 Å². The molecule has 0 aliphatic rings. The molecule has 0 amide bonds. The summed E-state index contributed by atoms with van der Waals surface area (Å²) in [5, 5.41) is 0. The molecule has 1 unspecified atom stereocenters. The third-order valence-electron chi connectivity index (χ3n) is 1.68. The Labute approximate surface area is 68.1 Å². The van der Waals surface area contributed by atoms with Gasteiger partial charge < -0.3 is 11.5 Å². The normalized spacial score (nSPS) is 13.4. The van der Waals surface area contributed by atoms with Crippen LogP contribution >= 0.6 is 0 Å². The van der Waals surface area contributed by atoms with Gasteiger partial charge in [-0.3, -0.25) is 0 Å². The lowest BCUT2D eigenvalue weighted by Gasteiger charge is -2.01. The molecule has 0 bridgehead atoms. The molecule has 2 nitrogen and oxygen atoms in total. The Hall–Kier alpha value is -0.150. The average molecular weight is 162 g/mol. The Kier molecular flexibility index (Phi) is 7.84. The van der Waals surface area contributed by atoms with Crippen molar-refractivity contribution in [1.82, 2.24) is 0 Å². The minimum atomic E-state index is -1.12. The van der Waals surface area contributed by atoms with Crippen molar-refractivity contribution < 1.29 is 4.39 Å². The van der Waals surface area contributed by atoms with Crippen LogP contribution < -0.4 is 11.5 Å². The standard InChI is InChI=1S/C8H19FN2/c9-8(11)6-4-2-1-3-5-7-10/h8H,1-7,10-11H2. The van der Waals surface area contributed by atoms with Crippen LogP contribution in [0.4, 0.5) is 4.39 Å². The van der Waals surface area contributed by atoms with Crippen LogP contribution in [0.2, 0.25) is 0 Å². The van der Waals surface area contributed by atoms with E-state index in [4.69, 9.17) is 11.5 Å². The average Bonchev–Trinajstić information content (AvgIpc) is 1.96. The molecule has 0 aromatic carbocycles. The number of hydrogen-bond acceptors (Lipinski definition) is 2. The third-order valence-corrected chi connectivity index (χ3v) is 1.68. The lowest BCUT2D eigenvalue weighted by Crippen LogP contribution is -2.12. The van der Waals surface area contributed by atoms with Crippen molar-refractivity contribution in [2.24, 2.45) is 11.5 Å². The van der Waals surface area contributed by atoms with Crippen LogP contribution in [0.1, 0.15) is 38.5 Å². The van der Waals surface area contributed by atoms with Crippen molar-refractivity contribution in [2.45, 2.75) is 44.8 Å². The molecule has 0 saturated carbocycles. The van der Waals surface area contributed by atoms with E-state index in [-0.39, 0.29) is 0 Å². The van der Waals surface area contributed by atoms with Crippen LogP contribution in [0.5, 0.6) is 0 Å². The van der Waals surface area contributed by atoms with Crippen LogP contribution in [-0.4, -0.2) is 12.8 Å². The van der Waals surface area contributed by atoms with E-state index in [0.717, 1.165) is 38.6 Å². The second-order valence-electron chi connectivity index (χ2n) is 2.86. The van der Waals surface area contributed by atoms with Gasteiger partial charge in [-0.2, -0.15) is 0 Å². The minimum Gasteiger partial charge on any atom is -0.330 e. The molecule has 1 atom stereocenters. The fourth-order valence-electron chi connectivity index (χ4n) is 1.01. The molecule has 0 aromatic heterocycles. The van der Waals surface area contributed by atoms with Crippen LogP contribution in [0.15, 0.2) is 0 Å². The van der Waals surface area contributed by atoms with Crippen LogP contribution in [-0.2, 0) is 0 Å². The highest BCUT2D eigenvalue weighted by Crippen LogP contribution is 2.06. The smallest absolute Gasteiger partial charge is 0.148 e. The summed E-state index contributed by atoms with van der Waals surface area (Å²) in [6.07, 6.45) is 4.77. The number of unbranched alkanes of at least 4 members (excludes halogenated alkanes) is 4. The van der Waals surface area contributed by atoms with Gasteiger partial charge in [0.25, 0.3) is 0 Å². The van der Waals surface area contributed by atoms with E-state index in [1.165, 1.54) is 0 Å². The van der Waals surface area contributed by atoms with Crippen molar-refractivity contribution in [3.05, 3.63) is 0 Å². The predicted molar refractivity (Wildman–Crippen MR) is 45.8 cm³/mol. The molecule has 0 saturated heterocycles. The van der Waals surface area contributed by atoms with E-state index < -0.39 is 6.30 Å². The highest BCUT2D eigenvalue weighted by molar-refractivity contribution is 4.48. The molecule has 0 aliphatic carbocycles. The maximum absolute atomic E-state index is 12.0. The van der Waals surface area contributed by atoms with Gasteiger partial charge in [0.1, 0.15) is 6.30 Å². The molecule has 3 heteroatoms. The topological polar surface area (TPSA) is 52.0 Å². The molecule has 4 N–H and O–H groups in total. The first-order valence-electron chi connectivity index (χ1n) is 4.37. The van der Waals surface area contributed by atoms with Gasteiger partial charge in [-0.1, -0.05) is 19.3 Å². The Balaban J connectivity index is 2.80. The van der Waals surface area contributed by atoms with Crippen molar-refractivity contribution in [3.63, 3.8) is 0 Å². The van der Waals surface area contributed by atoms with Crippen LogP contribution in [0.3, 0.4) is 0 Å². The van der Waals surface area contributed by atoms with Crippen molar-refractivity contribution in [3.8, 4) is 0 Å². The second kappa shape index (κ2) is 7.95. The number of alkyl halides is 1. The Morgan fingerprint density at radius 2 is 1.55 bits per heavy atom. The Morgan fingerprint density at radius 1 is 1.00 bits per heavy atom. The number of nitrogens with two attached hydrogens (primary N) is 2. The summed E-state index contributed by atoms with van der Waals surface area (Å²) in [5.74, 6) is 0. The molecule has 0 aromatic rings. The molecule has 0 spiro atoms. The zero-order chi connectivity index (χ0) is 8.53. The number of rotatable bonds is 7. The van der Waals surface area contributed by atoms with Crippen molar-refractivity contribution in [2.75, 3.05) is 6.54 Å². The summed E-state index contributed by atoms with van der Waals surface area (Å²) in [5.41, 5.74) is 10.3. The zero-order valence-corrected chi connectivity index (χ0v) is 7.06. The van der Waals surface area contributed by atoms with Crippen LogP contribution in [0, 0.1) is 0 Å². The monoisotopic (exact) mass is 162 g/mol. The summed E-state index contributed by atoms with van der Waals surface area (Å²) in [4.78, 5) is 0. The Bertz CT molecular complexity index is 76.5. The molecule has 68 valence electrons. The van der Waals surface area contributed by atoms with Gasteiger partial charge in [-0.15, -0.1) is 0 Å². The highest BCUT2D eigenvalue weighted by atomic mass is 19.1. The predicted octanol–water partition coefficient (Wildman–Crippen LogP) is 1.54. The number of halogens is 1. The minimum absolute atomic E-state index is 0.503. The quantitative estimate of drug-likeness (QED) is 0.440. The zero-order valence-electron chi connectivity index (χ0n) is 7.06. The molecule has 0 radical (unpaired) electrons.